The molecule has 1 aliphatic rings. The summed E-state index contributed by atoms with van der Waals surface area (Å²) in [6, 6.07) is 0. The predicted molar refractivity (Wildman–Crippen MR) is 88.0 cm³/mol. The molecule has 2 heteroatoms. The van der Waals surface area contributed by atoms with Gasteiger partial charge in [0.05, 0.1) is 0 Å². The van der Waals surface area contributed by atoms with Crippen molar-refractivity contribution in [2.45, 2.75) is 60.3 Å². The zero-order chi connectivity index (χ0) is 15.2. The average Bonchev–Trinajstić information content (AvgIpc) is 2.36. The lowest BCUT2D eigenvalue weighted by Crippen LogP contribution is -2.39. The van der Waals surface area contributed by atoms with Crippen LogP contribution < -0.4 is 5.32 Å². The summed E-state index contributed by atoms with van der Waals surface area (Å²) < 4.78 is 5.29. The smallest absolute Gasteiger partial charge is 0.0464 e. The molecule has 3 atom stereocenters. The van der Waals surface area contributed by atoms with Crippen LogP contribution in [-0.2, 0) is 4.74 Å². The van der Waals surface area contributed by atoms with E-state index in [1.54, 1.807) is 0 Å². The van der Waals surface area contributed by atoms with Crippen molar-refractivity contribution in [2.24, 2.45) is 29.1 Å². The highest BCUT2D eigenvalue weighted by Gasteiger charge is 2.37. The highest BCUT2D eigenvalue weighted by Crippen LogP contribution is 2.45. The third-order valence-electron chi connectivity index (χ3n) is 5.05. The first kappa shape index (κ1) is 18.0. The molecule has 1 N–H and O–H groups in total. The van der Waals surface area contributed by atoms with E-state index in [1.165, 1.54) is 32.2 Å². The van der Waals surface area contributed by atoms with E-state index in [2.05, 4.69) is 39.9 Å². The van der Waals surface area contributed by atoms with E-state index in [4.69, 9.17) is 4.74 Å². The molecule has 1 aliphatic carbocycles. The lowest BCUT2D eigenvalue weighted by Gasteiger charge is -2.44. The molecular weight excluding hydrogens is 246 g/mol. The van der Waals surface area contributed by atoms with Crippen LogP contribution in [0.5, 0.6) is 0 Å². The van der Waals surface area contributed by atoms with Crippen molar-refractivity contribution < 1.29 is 4.74 Å². The Kier molecular flexibility index (Phi) is 7.53. The molecule has 0 aromatic rings. The minimum Gasteiger partial charge on any atom is -0.385 e. The van der Waals surface area contributed by atoms with Gasteiger partial charge in [-0.05, 0) is 67.9 Å². The molecule has 1 fully saturated rings. The Balaban J connectivity index is 2.55. The summed E-state index contributed by atoms with van der Waals surface area (Å²) in [5, 5.41) is 3.69. The van der Waals surface area contributed by atoms with Gasteiger partial charge in [0.25, 0.3) is 0 Å². The zero-order valence-electron chi connectivity index (χ0n) is 14.7. The average molecular weight is 284 g/mol. The van der Waals surface area contributed by atoms with E-state index >= 15 is 0 Å². The van der Waals surface area contributed by atoms with Crippen LogP contribution in [0.3, 0.4) is 0 Å². The molecule has 2 nitrogen and oxygen atoms in total. The predicted octanol–water partition coefficient (Wildman–Crippen LogP) is 4.35. The molecule has 0 heterocycles. The van der Waals surface area contributed by atoms with Crippen LogP contribution in [0, 0.1) is 29.1 Å². The summed E-state index contributed by atoms with van der Waals surface area (Å²) in [5.41, 5.74) is 0.528. The third kappa shape index (κ3) is 6.13. The Morgan fingerprint density at radius 1 is 1.25 bits per heavy atom. The maximum atomic E-state index is 5.29. The van der Waals surface area contributed by atoms with Crippen LogP contribution in [0.1, 0.15) is 60.3 Å². The number of methoxy groups -OCH3 is 1. The van der Waals surface area contributed by atoms with Gasteiger partial charge in [-0.2, -0.15) is 0 Å². The van der Waals surface area contributed by atoms with Crippen molar-refractivity contribution in [1.29, 1.82) is 0 Å². The second kappa shape index (κ2) is 8.38. The lowest BCUT2D eigenvalue weighted by molar-refractivity contribution is 0.0628. The van der Waals surface area contributed by atoms with E-state index in [0.29, 0.717) is 5.41 Å². The molecule has 1 rings (SSSR count). The van der Waals surface area contributed by atoms with Crippen LogP contribution in [0.4, 0.5) is 0 Å². The van der Waals surface area contributed by atoms with Crippen molar-refractivity contribution >= 4 is 0 Å². The van der Waals surface area contributed by atoms with Gasteiger partial charge in [-0.15, -0.1) is 0 Å². The quantitative estimate of drug-likeness (QED) is 0.715. The second-order valence-corrected chi connectivity index (χ2v) is 8.14. The molecule has 0 aromatic heterocycles. The Labute approximate surface area is 127 Å². The van der Waals surface area contributed by atoms with E-state index in [1.807, 2.05) is 7.11 Å². The summed E-state index contributed by atoms with van der Waals surface area (Å²) in [6.07, 6.45) is 5.36. The lowest BCUT2D eigenvalue weighted by atomic mass is 9.63. The highest BCUT2D eigenvalue weighted by molar-refractivity contribution is 4.88. The fourth-order valence-corrected chi connectivity index (χ4v) is 3.69. The standard InChI is InChI=1S/C18H37NO/c1-14(2)12-19-13-16-7-9-18(4,5)11-17(16)15(3)8-10-20-6/h14-17,19H,7-13H2,1-6H3. The first-order chi connectivity index (χ1) is 9.35. The van der Waals surface area contributed by atoms with E-state index in [-0.39, 0.29) is 0 Å². The summed E-state index contributed by atoms with van der Waals surface area (Å²) in [6.45, 7) is 15.2. The maximum absolute atomic E-state index is 5.29. The van der Waals surface area contributed by atoms with Crippen LogP contribution in [0.15, 0.2) is 0 Å². The SMILES string of the molecule is COCCC(C)C1CC(C)(C)CCC1CNCC(C)C. The Morgan fingerprint density at radius 2 is 1.95 bits per heavy atom. The maximum Gasteiger partial charge on any atom is 0.0464 e. The first-order valence-corrected chi connectivity index (χ1v) is 8.55. The molecule has 0 radical (unpaired) electrons. The van der Waals surface area contributed by atoms with E-state index in [0.717, 1.165) is 36.8 Å². The molecule has 1 saturated carbocycles. The van der Waals surface area contributed by atoms with Gasteiger partial charge in [0.15, 0.2) is 0 Å². The van der Waals surface area contributed by atoms with Gasteiger partial charge in [0, 0.05) is 13.7 Å². The molecule has 0 aromatic carbocycles. The number of ether oxygens (including phenoxy) is 1. The molecule has 120 valence electrons. The van der Waals surface area contributed by atoms with Crippen LogP contribution in [0.2, 0.25) is 0 Å². The Hall–Kier alpha value is -0.0800. The molecular formula is C18H37NO. The Morgan fingerprint density at radius 3 is 2.55 bits per heavy atom. The summed E-state index contributed by atoms with van der Waals surface area (Å²) in [5.74, 6) is 3.24. The third-order valence-corrected chi connectivity index (χ3v) is 5.05. The topological polar surface area (TPSA) is 21.3 Å². The molecule has 0 saturated heterocycles. The fraction of sp³-hybridized carbons (Fsp3) is 1.00. The van der Waals surface area contributed by atoms with Crippen LogP contribution in [0.25, 0.3) is 0 Å². The number of hydrogen-bond acceptors (Lipinski definition) is 2. The molecule has 20 heavy (non-hydrogen) atoms. The summed E-state index contributed by atoms with van der Waals surface area (Å²) >= 11 is 0. The molecule has 0 aliphatic heterocycles. The van der Waals surface area contributed by atoms with Gasteiger partial charge in [-0.1, -0.05) is 34.6 Å². The largest absolute Gasteiger partial charge is 0.385 e. The van der Waals surface area contributed by atoms with Crippen molar-refractivity contribution in [1.82, 2.24) is 5.32 Å². The van der Waals surface area contributed by atoms with Crippen molar-refractivity contribution in [3.05, 3.63) is 0 Å². The number of nitrogens with one attached hydrogen (secondary N) is 1. The van der Waals surface area contributed by atoms with Crippen molar-refractivity contribution in [3.63, 3.8) is 0 Å². The first-order valence-electron chi connectivity index (χ1n) is 8.55. The van der Waals surface area contributed by atoms with Crippen LogP contribution >= 0.6 is 0 Å². The van der Waals surface area contributed by atoms with Gasteiger partial charge in [-0.25, -0.2) is 0 Å². The van der Waals surface area contributed by atoms with E-state index in [9.17, 15) is 0 Å². The second-order valence-electron chi connectivity index (χ2n) is 8.14. The summed E-state index contributed by atoms with van der Waals surface area (Å²) in [7, 11) is 1.82. The molecule has 0 spiro atoms. The normalized spacial score (nSPS) is 27.8. The number of rotatable bonds is 8. The molecule has 3 unspecified atom stereocenters. The minimum absolute atomic E-state index is 0.528. The highest BCUT2D eigenvalue weighted by atomic mass is 16.5. The molecule has 0 bridgehead atoms. The minimum atomic E-state index is 0.528. The molecule has 0 amide bonds. The van der Waals surface area contributed by atoms with Crippen molar-refractivity contribution in [3.8, 4) is 0 Å². The van der Waals surface area contributed by atoms with Crippen molar-refractivity contribution in [2.75, 3.05) is 26.8 Å². The van der Waals surface area contributed by atoms with Gasteiger partial charge in [0.2, 0.25) is 0 Å². The number of hydrogen-bond donors (Lipinski definition) is 1. The zero-order valence-corrected chi connectivity index (χ0v) is 14.7. The summed E-state index contributed by atoms with van der Waals surface area (Å²) in [4.78, 5) is 0. The monoisotopic (exact) mass is 283 g/mol. The van der Waals surface area contributed by atoms with Gasteiger partial charge >= 0.3 is 0 Å². The van der Waals surface area contributed by atoms with Gasteiger partial charge in [0.1, 0.15) is 0 Å². The van der Waals surface area contributed by atoms with Crippen LogP contribution in [-0.4, -0.2) is 26.8 Å². The Bertz CT molecular complexity index is 262. The van der Waals surface area contributed by atoms with Gasteiger partial charge < -0.3 is 10.1 Å². The fourth-order valence-electron chi connectivity index (χ4n) is 3.69. The van der Waals surface area contributed by atoms with E-state index < -0.39 is 0 Å². The van der Waals surface area contributed by atoms with Gasteiger partial charge in [-0.3, -0.25) is 0 Å².